The number of carbonyl (C=O) groups excluding carboxylic acids is 1. The molecule has 1 N–H and O–H groups in total. The molecule has 0 spiro atoms. The molecule has 9 nitrogen and oxygen atoms in total. The third kappa shape index (κ3) is 5.50. The molecule has 0 bridgehead atoms. The molecule has 11 heteroatoms. The lowest BCUT2D eigenvalue weighted by Gasteiger charge is -2.13. The smallest absolute Gasteiger partial charge is 0.267 e. The summed E-state index contributed by atoms with van der Waals surface area (Å²) in [6.07, 6.45) is 5.55. The fraction of sp³-hybridized carbons (Fsp3) is 0.286. The van der Waals surface area contributed by atoms with Gasteiger partial charge in [-0.3, -0.25) is 14.2 Å². The number of hydrogen-bond donors (Lipinski definition) is 1. The Morgan fingerprint density at radius 1 is 1.10 bits per heavy atom. The number of benzene rings is 2. The molecule has 0 atom stereocenters. The van der Waals surface area contributed by atoms with E-state index < -0.39 is 0 Å². The summed E-state index contributed by atoms with van der Waals surface area (Å²) >= 11 is 2.79. The topological polar surface area (TPSA) is 104 Å². The van der Waals surface area contributed by atoms with Crippen LogP contribution in [-0.4, -0.2) is 48.8 Å². The third-order valence-electron chi connectivity index (χ3n) is 6.44. The van der Waals surface area contributed by atoms with E-state index in [2.05, 4.69) is 10.5 Å². The number of amides is 1. The molecule has 5 rings (SSSR count). The highest BCUT2D eigenvalue weighted by Gasteiger charge is 2.23. The van der Waals surface area contributed by atoms with Gasteiger partial charge in [0.1, 0.15) is 22.1 Å². The first kappa shape index (κ1) is 26.8. The number of fused-ring (bicyclic) bond motifs is 3. The number of para-hydroxylation sites is 1. The van der Waals surface area contributed by atoms with Crippen LogP contribution in [-0.2, 0) is 17.6 Å². The van der Waals surface area contributed by atoms with E-state index in [-0.39, 0.29) is 17.2 Å². The number of nitrogens with zero attached hydrogens (tertiary/aromatic N) is 3. The molecule has 2 heterocycles. The van der Waals surface area contributed by atoms with Crippen molar-refractivity contribution in [2.45, 2.75) is 30.8 Å². The van der Waals surface area contributed by atoms with E-state index in [0.29, 0.717) is 39.0 Å². The van der Waals surface area contributed by atoms with Gasteiger partial charge < -0.3 is 14.2 Å². The van der Waals surface area contributed by atoms with Crippen LogP contribution < -0.4 is 25.2 Å². The summed E-state index contributed by atoms with van der Waals surface area (Å²) in [5.74, 6) is 1.22. The Balaban J connectivity index is 1.39. The van der Waals surface area contributed by atoms with Crippen molar-refractivity contribution in [1.82, 2.24) is 15.0 Å². The molecule has 1 amide bonds. The largest absolute Gasteiger partial charge is 0.496 e. The fourth-order valence-corrected chi connectivity index (χ4v) is 6.69. The Hall–Kier alpha value is -3.83. The van der Waals surface area contributed by atoms with E-state index in [1.165, 1.54) is 37.1 Å². The Morgan fingerprint density at radius 2 is 1.82 bits per heavy atom. The van der Waals surface area contributed by atoms with Gasteiger partial charge in [0.15, 0.2) is 5.16 Å². The third-order valence-corrected chi connectivity index (χ3v) is 8.57. The van der Waals surface area contributed by atoms with Gasteiger partial charge in [0.05, 0.1) is 49.9 Å². The molecule has 0 saturated heterocycles. The zero-order valence-corrected chi connectivity index (χ0v) is 23.5. The number of hydrazone groups is 1. The van der Waals surface area contributed by atoms with Crippen molar-refractivity contribution in [3.8, 4) is 22.9 Å². The van der Waals surface area contributed by atoms with Crippen molar-refractivity contribution in [3.05, 3.63) is 68.8 Å². The van der Waals surface area contributed by atoms with Crippen molar-refractivity contribution in [1.29, 1.82) is 0 Å². The molecule has 2 aromatic carbocycles. The predicted molar refractivity (Wildman–Crippen MR) is 154 cm³/mol. The molecule has 39 heavy (non-hydrogen) atoms. The van der Waals surface area contributed by atoms with Crippen molar-refractivity contribution in [2.75, 3.05) is 27.1 Å². The van der Waals surface area contributed by atoms with Crippen LogP contribution in [0.25, 0.3) is 15.9 Å². The second-order valence-corrected chi connectivity index (χ2v) is 10.8. The molecule has 202 valence electrons. The number of ether oxygens (including phenoxy) is 3. The minimum atomic E-state index is -0.345. The summed E-state index contributed by atoms with van der Waals surface area (Å²) in [4.78, 5) is 33.4. The minimum Gasteiger partial charge on any atom is -0.496 e. The Bertz CT molecular complexity index is 1570. The summed E-state index contributed by atoms with van der Waals surface area (Å²) in [6.45, 7) is 0. The average molecular weight is 565 g/mol. The summed E-state index contributed by atoms with van der Waals surface area (Å²) in [7, 11) is 4.61. The van der Waals surface area contributed by atoms with Crippen molar-refractivity contribution in [3.63, 3.8) is 0 Å². The summed E-state index contributed by atoms with van der Waals surface area (Å²) in [5.41, 5.74) is 4.85. The number of thioether (sulfide) groups is 1. The van der Waals surface area contributed by atoms with Crippen LogP contribution in [0.5, 0.6) is 17.2 Å². The number of aryl methyl sites for hydroxylation is 2. The highest BCUT2D eigenvalue weighted by molar-refractivity contribution is 7.99. The standard InChI is InChI=1S/C28H28N4O5S2/c1-35-18-13-21(36-2)20(22(14-18)37-3)15-29-31-24(33)16-38-28-30-26-25(19-11-7-8-12-23(19)39-26)27(34)32(28)17-9-5-4-6-10-17/h4-6,9-10,13-15H,7-8,11-12,16H2,1-3H3,(H,31,33)/b29-15+. The van der Waals surface area contributed by atoms with E-state index in [1.54, 1.807) is 35.1 Å². The first-order valence-corrected chi connectivity index (χ1v) is 14.2. The molecule has 1 aliphatic rings. The van der Waals surface area contributed by atoms with Crippen molar-refractivity contribution in [2.24, 2.45) is 5.10 Å². The number of aromatic nitrogens is 2. The molecule has 0 saturated carbocycles. The second-order valence-electron chi connectivity index (χ2n) is 8.79. The fourth-order valence-electron chi connectivity index (χ4n) is 4.58. The van der Waals surface area contributed by atoms with Gasteiger partial charge in [0, 0.05) is 17.0 Å². The van der Waals surface area contributed by atoms with Gasteiger partial charge in [-0.15, -0.1) is 11.3 Å². The molecule has 4 aromatic rings. The maximum absolute atomic E-state index is 13.8. The van der Waals surface area contributed by atoms with Gasteiger partial charge in [-0.25, -0.2) is 10.4 Å². The lowest BCUT2D eigenvalue weighted by atomic mass is 9.97. The highest BCUT2D eigenvalue weighted by Crippen LogP contribution is 2.35. The molecule has 0 aliphatic heterocycles. The van der Waals surface area contributed by atoms with Gasteiger partial charge in [0.25, 0.3) is 11.5 Å². The van der Waals surface area contributed by atoms with Gasteiger partial charge in [0.2, 0.25) is 0 Å². The van der Waals surface area contributed by atoms with E-state index >= 15 is 0 Å². The van der Waals surface area contributed by atoms with Gasteiger partial charge >= 0.3 is 0 Å². The SMILES string of the molecule is COc1cc(OC)c(/C=N/NC(=O)CSc2nc3sc4c(c3c(=O)n2-c2ccccc2)CCCC4)c(OC)c1. The summed E-state index contributed by atoms with van der Waals surface area (Å²) < 4.78 is 17.7. The minimum absolute atomic E-state index is 0.0179. The number of methoxy groups -OCH3 is 3. The normalized spacial score (nSPS) is 12.9. The first-order chi connectivity index (χ1) is 19.0. The molecule has 0 radical (unpaired) electrons. The maximum Gasteiger partial charge on any atom is 0.267 e. The van der Waals surface area contributed by atoms with Crippen molar-refractivity contribution < 1.29 is 19.0 Å². The predicted octanol–water partition coefficient (Wildman–Crippen LogP) is 4.59. The van der Waals surface area contributed by atoms with Crippen LogP contribution in [0.2, 0.25) is 0 Å². The molecule has 0 unspecified atom stereocenters. The van der Waals surface area contributed by atoms with E-state index in [1.807, 2.05) is 30.3 Å². The Kier molecular flexibility index (Phi) is 8.18. The lowest BCUT2D eigenvalue weighted by molar-refractivity contribution is -0.118. The number of thiophene rings is 1. The molecule has 1 aliphatic carbocycles. The highest BCUT2D eigenvalue weighted by atomic mass is 32.2. The average Bonchev–Trinajstić information content (AvgIpc) is 3.35. The maximum atomic E-state index is 13.8. The summed E-state index contributed by atoms with van der Waals surface area (Å²) in [5, 5.41) is 5.27. The quantitative estimate of drug-likeness (QED) is 0.137. The number of hydrogen-bond acceptors (Lipinski definition) is 9. The Morgan fingerprint density at radius 3 is 2.51 bits per heavy atom. The zero-order valence-electron chi connectivity index (χ0n) is 21.9. The van der Waals surface area contributed by atoms with Crippen LogP contribution >= 0.6 is 23.1 Å². The van der Waals surface area contributed by atoms with E-state index in [0.717, 1.165) is 36.1 Å². The van der Waals surface area contributed by atoms with E-state index in [9.17, 15) is 9.59 Å². The first-order valence-electron chi connectivity index (χ1n) is 12.4. The van der Waals surface area contributed by atoms with Crippen LogP contribution in [0.15, 0.2) is 57.5 Å². The number of rotatable bonds is 9. The molecular weight excluding hydrogens is 536 g/mol. The van der Waals surface area contributed by atoms with E-state index in [4.69, 9.17) is 19.2 Å². The monoisotopic (exact) mass is 564 g/mol. The molecule has 2 aromatic heterocycles. The Labute approximate surface area is 233 Å². The van der Waals surface area contributed by atoms with Gasteiger partial charge in [-0.2, -0.15) is 5.10 Å². The second kappa shape index (κ2) is 11.9. The van der Waals surface area contributed by atoms with Crippen LogP contribution in [0.3, 0.4) is 0 Å². The summed E-state index contributed by atoms with van der Waals surface area (Å²) in [6, 6.07) is 12.8. The number of nitrogens with one attached hydrogen (secondary N) is 1. The lowest BCUT2D eigenvalue weighted by Crippen LogP contribution is -2.24. The van der Waals surface area contributed by atoms with Gasteiger partial charge in [-0.1, -0.05) is 30.0 Å². The van der Waals surface area contributed by atoms with Crippen LogP contribution in [0.4, 0.5) is 0 Å². The van der Waals surface area contributed by atoms with Crippen LogP contribution in [0.1, 0.15) is 28.8 Å². The number of carbonyl (C=O) groups is 1. The molecular formula is C28H28N4O5S2. The molecule has 0 fully saturated rings. The van der Waals surface area contributed by atoms with Gasteiger partial charge in [-0.05, 0) is 43.4 Å². The van der Waals surface area contributed by atoms with Crippen LogP contribution in [0, 0.1) is 0 Å². The van der Waals surface area contributed by atoms with Crippen molar-refractivity contribution >= 4 is 45.4 Å². The zero-order chi connectivity index (χ0) is 27.4.